The maximum atomic E-state index is 12.8. The summed E-state index contributed by atoms with van der Waals surface area (Å²) in [7, 11) is -4.39. The fraction of sp³-hybridized carbons (Fsp3) is 0.808. The molecule has 3 N–H and O–H groups in total. The van der Waals surface area contributed by atoms with Gasteiger partial charge >= 0.3 is 19.8 Å². The predicted octanol–water partition coefficient (Wildman–Crippen LogP) is 23.2. The molecular formula is C73H134NO8P. The minimum atomic E-state index is -4.39. The molecule has 2 atom stereocenters. The Kier molecular flexibility index (Phi) is 66.5. The van der Waals surface area contributed by atoms with E-state index in [9.17, 15) is 19.0 Å². The van der Waals surface area contributed by atoms with Gasteiger partial charge in [-0.2, -0.15) is 0 Å². The van der Waals surface area contributed by atoms with Gasteiger partial charge in [0.2, 0.25) is 0 Å². The molecule has 0 bridgehead atoms. The van der Waals surface area contributed by atoms with E-state index in [-0.39, 0.29) is 38.6 Å². The average Bonchev–Trinajstić information content (AvgIpc) is 3.49. The number of allylic oxidation sites excluding steroid dienone is 12. The maximum absolute atomic E-state index is 12.8. The Bertz CT molecular complexity index is 1590. The molecule has 83 heavy (non-hydrogen) atoms. The summed E-state index contributed by atoms with van der Waals surface area (Å²) in [5.74, 6) is -0.812. The summed E-state index contributed by atoms with van der Waals surface area (Å²) in [4.78, 5) is 35.4. The molecule has 0 aliphatic heterocycles. The quantitative estimate of drug-likeness (QED) is 0.0264. The number of nitrogens with two attached hydrogens (primary N) is 1. The molecule has 0 spiro atoms. The number of phosphoric acid groups is 1. The second-order valence-corrected chi connectivity index (χ2v) is 25.2. The van der Waals surface area contributed by atoms with Crippen molar-refractivity contribution in [3.8, 4) is 0 Å². The minimum Gasteiger partial charge on any atom is -0.462 e. The van der Waals surface area contributed by atoms with E-state index in [4.69, 9.17) is 24.3 Å². The fourth-order valence-electron chi connectivity index (χ4n) is 10.4. The van der Waals surface area contributed by atoms with Crippen molar-refractivity contribution in [3.63, 3.8) is 0 Å². The first-order chi connectivity index (χ1) is 40.8. The van der Waals surface area contributed by atoms with Gasteiger partial charge in [-0.1, -0.05) is 344 Å². The molecule has 0 saturated carbocycles. The van der Waals surface area contributed by atoms with Crippen LogP contribution in [0.3, 0.4) is 0 Å². The van der Waals surface area contributed by atoms with Gasteiger partial charge in [-0.3, -0.25) is 18.6 Å². The second-order valence-electron chi connectivity index (χ2n) is 23.7. The van der Waals surface area contributed by atoms with Gasteiger partial charge in [0.05, 0.1) is 13.2 Å². The van der Waals surface area contributed by atoms with Crippen molar-refractivity contribution in [1.82, 2.24) is 0 Å². The van der Waals surface area contributed by atoms with Gasteiger partial charge in [0.15, 0.2) is 6.10 Å². The first kappa shape index (κ1) is 80.5. The Hall–Kier alpha value is -2.55. The van der Waals surface area contributed by atoms with Gasteiger partial charge in [0.1, 0.15) is 6.61 Å². The Morgan fingerprint density at radius 2 is 0.663 bits per heavy atom. The lowest BCUT2D eigenvalue weighted by molar-refractivity contribution is -0.161. The summed E-state index contributed by atoms with van der Waals surface area (Å²) in [6.07, 6.45) is 90.0. The monoisotopic (exact) mass is 1180 g/mol. The molecule has 484 valence electrons. The number of ether oxygens (including phenoxy) is 2. The van der Waals surface area contributed by atoms with Crippen molar-refractivity contribution in [1.29, 1.82) is 0 Å². The highest BCUT2D eigenvalue weighted by atomic mass is 31.2. The Morgan fingerprint density at radius 1 is 0.373 bits per heavy atom. The van der Waals surface area contributed by atoms with Crippen LogP contribution in [-0.2, 0) is 32.7 Å². The van der Waals surface area contributed by atoms with E-state index in [2.05, 4.69) is 86.8 Å². The summed E-state index contributed by atoms with van der Waals surface area (Å²) in [6, 6.07) is 0. The number of hydrogen-bond donors (Lipinski definition) is 2. The van der Waals surface area contributed by atoms with Gasteiger partial charge < -0.3 is 20.1 Å². The Labute approximate surface area is 513 Å². The van der Waals surface area contributed by atoms with Crippen LogP contribution < -0.4 is 5.73 Å². The molecule has 0 heterocycles. The lowest BCUT2D eigenvalue weighted by Crippen LogP contribution is -2.29. The lowest BCUT2D eigenvalue weighted by Gasteiger charge is -2.19. The molecule has 0 aliphatic rings. The molecule has 0 amide bonds. The fourth-order valence-corrected chi connectivity index (χ4v) is 11.2. The third-order valence-corrected chi connectivity index (χ3v) is 16.6. The van der Waals surface area contributed by atoms with E-state index >= 15 is 0 Å². The largest absolute Gasteiger partial charge is 0.472 e. The number of hydrogen-bond acceptors (Lipinski definition) is 8. The van der Waals surface area contributed by atoms with E-state index in [0.717, 1.165) is 77.0 Å². The highest BCUT2D eigenvalue weighted by molar-refractivity contribution is 7.47. The van der Waals surface area contributed by atoms with Crippen LogP contribution in [0.4, 0.5) is 0 Å². The predicted molar refractivity (Wildman–Crippen MR) is 358 cm³/mol. The highest BCUT2D eigenvalue weighted by Gasteiger charge is 2.26. The first-order valence-electron chi connectivity index (χ1n) is 35.4. The van der Waals surface area contributed by atoms with Crippen molar-refractivity contribution in [2.45, 2.75) is 354 Å². The van der Waals surface area contributed by atoms with Crippen LogP contribution in [0.15, 0.2) is 72.9 Å². The van der Waals surface area contributed by atoms with Gasteiger partial charge in [-0.25, -0.2) is 4.57 Å². The molecule has 0 fully saturated rings. The van der Waals surface area contributed by atoms with Gasteiger partial charge in [-0.05, 0) is 64.2 Å². The molecule has 0 aromatic carbocycles. The molecule has 0 aliphatic carbocycles. The van der Waals surface area contributed by atoms with E-state index in [1.54, 1.807) is 0 Å². The third kappa shape index (κ3) is 68.4. The zero-order valence-electron chi connectivity index (χ0n) is 54.4. The van der Waals surface area contributed by atoms with E-state index in [0.29, 0.717) is 6.42 Å². The van der Waals surface area contributed by atoms with Crippen molar-refractivity contribution in [2.75, 3.05) is 26.4 Å². The zero-order valence-corrected chi connectivity index (χ0v) is 55.3. The standard InChI is InChI=1S/C73H134NO8P/c1-3-5-7-9-11-13-15-17-19-21-23-25-27-29-31-33-34-35-36-38-40-42-44-46-48-50-52-54-56-58-60-62-64-66-73(76)82-71(70-81-83(77,78)80-68-67-74)69-79-72(75)65-63-61-59-57-55-53-51-49-47-45-43-41-39-37-32-30-28-26-24-22-20-18-16-14-12-10-8-6-4-2/h5,7,11,13,17,19,23,25,29,31,34-35,71H,3-4,6,8-10,12,14-16,18,20-22,24,26-28,30,32-33,36-70,74H2,1-2H3,(H,77,78)/b7-5-,13-11-,19-17-,25-23-,31-29-,35-34-. The van der Waals surface area contributed by atoms with Crippen molar-refractivity contribution < 1.29 is 37.6 Å². The third-order valence-electron chi connectivity index (χ3n) is 15.6. The van der Waals surface area contributed by atoms with Gasteiger partial charge in [-0.15, -0.1) is 0 Å². The number of carbonyl (C=O) groups is 2. The topological polar surface area (TPSA) is 134 Å². The summed E-state index contributed by atoms with van der Waals surface area (Å²) in [5.41, 5.74) is 5.40. The Balaban J connectivity index is 3.85. The number of esters is 2. The van der Waals surface area contributed by atoms with Crippen LogP contribution in [0.5, 0.6) is 0 Å². The molecular weight excluding hydrogens is 1050 g/mol. The lowest BCUT2D eigenvalue weighted by atomic mass is 10.0. The van der Waals surface area contributed by atoms with Gasteiger partial charge in [0.25, 0.3) is 0 Å². The summed E-state index contributed by atoms with van der Waals surface area (Å²) in [5, 5.41) is 0. The maximum Gasteiger partial charge on any atom is 0.472 e. The van der Waals surface area contributed by atoms with E-state index < -0.39 is 26.5 Å². The summed E-state index contributed by atoms with van der Waals surface area (Å²) >= 11 is 0. The van der Waals surface area contributed by atoms with Crippen LogP contribution in [-0.4, -0.2) is 49.3 Å². The van der Waals surface area contributed by atoms with Crippen LogP contribution in [0.2, 0.25) is 0 Å². The normalized spacial score (nSPS) is 13.3. The molecule has 9 nitrogen and oxygen atoms in total. The van der Waals surface area contributed by atoms with Crippen LogP contribution >= 0.6 is 7.82 Å². The van der Waals surface area contributed by atoms with Gasteiger partial charge in [0, 0.05) is 19.4 Å². The molecule has 2 unspecified atom stereocenters. The van der Waals surface area contributed by atoms with Crippen molar-refractivity contribution in [3.05, 3.63) is 72.9 Å². The van der Waals surface area contributed by atoms with Crippen molar-refractivity contribution in [2.24, 2.45) is 5.73 Å². The van der Waals surface area contributed by atoms with Crippen molar-refractivity contribution >= 4 is 19.8 Å². The second kappa shape index (κ2) is 68.6. The summed E-state index contributed by atoms with van der Waals surface area (Å²) in [6.45, 7) is 3.69. The van der Waals surface area contributed by atoms with Crippen LogP contribution in [0.1, 0.15) is 348 Å². The molecule has 0 aromatic heterocycles. The number of rotatable bonds is 67. The minimum absolute atomic E-state index is 0.0533. The number of carbonyl (C=O) groups excluding carboxylic acids is 2. The number of unbranched alkanes of at least 4 members (excludes halogenated alkanes) is 42. The molecule has 0 saturated heterocycles. The number of phosphoric ester groups is 1. The molecule has 10 heteroatoms. The molecule has 0 radical (unpaired) electrons. The first-order valence-corrected chi connectivity index (χ1v) is 36.9. The van der Waals surface area contributed by atoms with E-state index in [1.807, 2.05) is 0 Å². The zero-order chi connectivity index (χ0) is 60.1. The van der Waals surface area contributed by atoms with Crippen LogP contribution in [0.25, 0.3) is 0 Å². The van der Waals surface area contributed by atoms with E-state index in [1.165, 1.54) is 238 Å². The Morgan fingerprint density at radius 3 is 0.988 bits per heavy atom. The highest BCUT2D eigenvalue weighted by Crippen LogP contribution is 2.43. The molecule has 0 rings (SSSR count). The van der Waals surface area contributed by atoms with Crippen LogP contribution in [0, 0.1) is 0 Å². The SMILES string of the molecule is CC/C=C\C/C=C\C/C=C\C/C=C\C/C=C\C/C=C\CCCCCCCCCCCCCCCCC(=O)OC(COC(=O)CCCCCCCCCCCCCCCCCCCCCCCCCCCCCCC)COP(=O)(O)OCCN. The smallest absolute Gasteiger partial charge is 0.462 e. The average molecular weight is 1180 g/mol. The summed E-state index contributed by atoms with van der Waals surface area (Å²) < 4.78 is 33.2. The molecule has 0 aromatic rings.